The highest BCUT2D eigenvalue weighted by atomic mass is 17.1. The third kappa shape index (κ3) is 15.2. The van der Waals surface area contributed by atoms with Crippen LogP contribution in [0.1, 0.15) is 19.8 Å². The Kier molecular flexibility index (Phi) is 13.1. The molecule has 0 fully saturated rings. The normalized spacial score (nSPS) is 7.87. The molecule has 15 heavy (non-hydrogen) atoms. The number of carbonyl (C=O) groups excluding carboxylic acids is 2. The maximum atomic E-state index is 10.3. The topological polar surface area (TPSA) is 72.8 Å². The zero-order chi connectivity index (χ0) is 12.1. The van der Waals surface area contributed by atoms with Crippen molar-refractivity contribution in [2.24, 2.45) is 0 Å². The monoisotopic (exact) mass is 216 g/mol. The minimum atomic E-state index is -0.838. The largest absolute Gasteiger partial charge is 0.463 e. The highest BCUT2D eigenvalue weighted by Crippen LogP contribution is 1.88. The third-order valence-electron chi connectivity index (χ3n) is 1.17. The van der Waals surface area contributed by atoms with Crippen molar-refractivity contribution >= 4 is 11.9 Å². The lowest BCUT2D eigenvalue weighted by atomic mass is 10.4. The molecule has 0 aromatic carbocycles. The smallest absolute Gasteiger partial charge is 0.365 e. The van der Waals surface area contributed by atoms with Crippen molar-refractivity contribution in [2.45, 2.75) is 19.8 Å². The van der Waals surface area contributed by atoms with Crippen LogP contribution in [0.2, 0.25) is 0 Å². The van der Waals surface area contributed by atoms with Crippen LogP contribution in [-0.2, 0) is 19.2 Å². The van der Waals surface area contributed by atoms with Crippen LogP contribution in [-0.4, -0.2) is 23.8 Å². The maximum Gasteiger partial charge on any atom is 0.365 e. The predicted octanol–water partition coefficient (Wildman–Crippen LogP) is 1.70. The predicted molar refractivity (Wildman–Crippen MR) is 55.0 cm³/mol. The highest BCUT2D eigenvalue weighted by Gasteiger charge is 1.91. The van der Waals surface area contributed by atoms with Gasteiger partial charge in [0.15, 0.2) is 0 Å². The zero-order valence-corrected chi connectivity index (χ0v) is 8.77. The SMILES string of the molecule is C=CC(=O)OCCCC.C=CC(=O)OO. The van der Waals surface area contributed by atoms with E-state index in [0.717, 1.165) is 18.9 Å². The average molecular weight is 216 g/mol. The number of ether oxygens (including phenoxy) is 1. The van der Waals surface area contributed by atoms with E-state index in [1.54, 1.807) is 0 Å². The minimum Gasteiger partial charge on any atom is -0.463 e. The van der Waals surface area contributed by atoms with Crippen molar-refractivity contribution in [3.05, 3.63) is 25.3 Å². The molecule has 0 amide bonds. The molecule has 0 saturated carbocycles. The summed E-state index contributed by atoms with van der Waals surface area (Å²) in [6, 6.07) is 0. The summed E-state index contributed by atoms with van der Waals surface area (Å²) in [5, 5.41) is 7.41. The summed E-state index contributed by atoms with van der Waals surface area (Å²) in [6.07, 6.45) is 4.01. The van der Waals surface area contributed by atoms with Gasteiger partial charge in [-0.15, -0.1) is 0 Å². The fourth-order valence-electron chi connectivity index (χ4n) is 0.413. The Labute approximate surface area is 88.9 Å². The summed E-state index contributed by atoms with van der Waals surface area (Å²) >= 11 is 0. The van der Waals surface area contributed by atoms with Crippen LogP contribution >= 0.6 is 0 Å². The molecule has 0 aliphatic carbocycles. The lowest BCUT2D eigenvalue weighted by Crippen LogP contribution is -2.00. The summed E-state index contributed by atoms with van der Waals surface area (Å²) < 4.78 is 4.67. The molecule has 0 aromatic rings. The van der Waals surface area contributed by atoms with Crippen LogP contribution in [0.4, 0.5) is 0 Å². The zero-order valence-electron chi connectivity index (χ0n) is 8.77. The Bertz CT molecular complexity index is 210. The van der Waals surface area contributed by atoms with Gasteiger partial charge in [0.2, 0.25) is 0 Å². The summed E-state index contributed by atoms with van der Waals surface area (Å²) in [6.45, 7) is 8.82. The van der Waals surface area contributed by atoms with Crippen LogP contribution < -0.4 is 0 Å². The van der Waals surface area contributed by atoms with Crippen molar-refractivity contribution in [1.82, 2.24) is 0 Å². The van der Waals surface area contributed by atoms with Gasteiger partial charge in [0, 0.05) is 12.2 Å². The molecule has 0 unspecified atom stereocenters. The first kappa shape index (κ1) is 15.8. The molecule has 5 nitrogen and oxygen atoms in total. The van der Waals surface area contributed by atoms with E-state index in [4.69, 9.17) is 5.26 Å². The standard InChI is InChI=1S/C7H12O2.C3H4O3/c1-3-5-6-9-7(8)4-2;1-2-3(4)6-5/h4H,2-3,5-6H2,1H3;2,5H,1H2. The van der Waals surface area contributed by atoms with Crippen molar-refractivity contribution in [2.75, 3.05) is 6.61 Å². The second-order valence-electron chi connectivity index (χ2n) is 2.34. The van der Waals surface area contributed by atoms with Crippen LogP contribution in [0.25, 0.3) is 0 Å². The summed E-state index contributed by atoms with van der Waals surface area (Å²) in [7, 11) is 0. The Hall–Kier alpha value is -1.62. The first-order chi connectivity index (χ1) is 7.12. The summed E-state index contributed by atoms with van der Waals surface area (Å²) in [4.78, 5) is 23.1. The molecule has 0 radical (unpaired) electrons. The van der Waals surface area contributed by atoms with Gasteiger partial charge in [-0.25, -0.2) is 9.59 Å². The van der Waals surface area contributed by atoms with E-state index in [2.05, 4.69) is 22.8 Å². The molecule has 0 bridgehead atoms. The Morgan fingerprint density at radius 1 is 1.27 bits per heavy atom. The molecule has 1 N–H and O–H groups in total. The Morgan fingerprint density at radius 3 is 2.07 bits per heavy atom. The first-order valence-corrected chi connectivity index (χ1v) is 4.39. The van der Waals surface area contributed by atoms with Gasteiger partial charge in [-0.05, 0) is 6.42 Å². The second-order valence-corrected chi connectivity index (χ2v) is 2.34. The van der Waals surface area contributed by atoms with E-state index in [1.807, 2.05) is 6.92 Å². The molecular formula is C10H16O5. The van der Waals surface area contributed by atoms with E-state index in [9.17, 15) is 9.59 Å². The Balaban J connectivity index is 0. The number of hydrogen-bond acceptors (Lipinski definition) is 5. The van der Waals surface area contributed by atoms with Gasteiger partial charge in [-0.3, -0.25) is 4.89 Å². The van der Waals surface area contributed by atoms with Crippen LogP contribution in [0.3, 0.4) is 0 Å². The van der Waals surface area contributed by atoms with Gasteiger partial charge in [0.05, 0.1) is 6.61 Å². The molecule has 0 heterocycles. The number of carbonyl (C=O) groups is 2. The van der Waals surface area contributed by atoms with Crippen LogP contribution in [0.15, 0.2) is 25.3 Å². The molecular weight excluding hydrogens is 200 g/mol. The molecule has 0 aromatic heterocycles. The number of esters is 1. The molecule has 0 saturated heterocycles. The molecule has 0 spiro atoms. The van der Waals surface area contributed by atoms with E-state index in [0.29, 0.717) is 6.61 Å². The van der Waals surface area contributed by atoms with Gasteiger partial charge >= 0.3 is 11.9 Å². The fraction of sp³-hybridized carbons (Fsp3) is 0.400. The van der Waals surface area contributed by atoms with Crippen molar-refractivity contribution < 1.29 is 24.5 Å². The molecule has 0 atom stereocenters. The van der Waals surface area contributed by atoms with Crippen LogP contribution in [0.5, 0.6) is 0 Å². The fourth-order valence-corrected chi connectivity index (χ4v) is 0.413. The maximum absolute atomic E-state index is 10.3. The minimum absolute atomic E-state index is 0.330. The second kappa shape index (κ2) is 12.4. The first-order valence-electron chi connectivity index (χ1n) is 4.39. The average Bonchev–Trinajstić information content (AvgIpc) is 2.28. The summed E-state index contributed by atoms with van der Waals surface area (Å²) in [5.74, 6) is -1.17. The lowest BCUT2D eigenvalue weighted by Gasteiger charge is -1.97. The molecule has 5 heteroatoms. The molecule has 0 aliphatic heterocycles. The molecule has 0 rings (SSSR count). The summed E-state index contributed by atoms with van der Waals surface area (Å²) in [5.41, 5.74) is 0. The van der Waals surface area contributed by atoms with Gasteiger partial charge in [-0.2, -0.15) is 5.26 Å². The van der Waals surface area contributed by atoms with E-state index in [-0.39, 0.29) is 5.97 Å². The quantitative estimate of drug-likeness (QED) is 0.249. The van der Waals surface area contributed by atoms with Gasteiger partial charge < -0.3 is 4.74 Å². The van der Waals surface area contributed by atoms with Gasteiger partial charge in [0.25, 0.3) is 0 Å². The Morgan fingerprint density at radius 2 is 1.80 bits per heavy atom. The van der Waals surface area contributed by atoms with Gasteiger partial charge in [0.1, 0.15) is 0 Å². The molecule has 86 valence electrons. The number of rotatable bonds is 5. The van der Waals surface area contributed by atoms with E-state index in [1.165, 1.54) is 6.08 Å². The van der Waals surface area contributed by atoms with E-state index >= 15 is 0 Å². The van der Waals surface area contributed by atoms with Crippen molar-refractivity contribution in [3.63, 3.8) is 0 Å². The van der Waals surface area contributed by atoms with Crippen molar-refractivity contribution in [1.29, 1.82) is 0 Å². The van der Waals surface area contributed by atoms with Gasteiger partial charge in [-0.1, -0.05) is 26.5 Å². The molecule has 0 aliphatic rings. The lowest BCUT2D eigenvalue weighted by molar-refractivity contribution is -0.228. The number of hydrogen-bond donors (Lipinski definition) is 1. The van der Waals surface area contributed by atoms with Crippen LogP contribution in [0, 0.1) is 0 Å². The third-order valence-corrected chi connectivity index (χ3v) is 1.17. The van der Waals surface area contributed by atoms with Crippen molar-refractivity contribution in [3.8, 4) is 0 Å². The highest BCUT2D eigenvalue weighted by molar-refractivity contribution is 5.81. The van der Waals surface area contributed by atoms with E-state index < -0.39 is 5.97 Å². The number of unbranched alkanes of at least 4 members (excludes halogenated alkanes) is 1.